The van der Waals surface area contributed by atoms with Crippen molar-refractivity contribution in [3.05, 3.63) is 84.2 Å². The largest absolute Gasteiger partial charge is 0.306 e. The molecular weight excluding hydrogens is 258 g/mol. The van der Waals surface area contributed by atoms with Gasteiger partial charge in [-0.1, -0.05) is 42.5 Å². The molecule has 0 bridgehead atoms. The summed E-state index contributed by atoms with van der Waals surface area (Å²) < 4.78 is 1.86. The van der Waals surface area contributed by atoms with Gasteiger partial charge in [0.05, 0.1) is 5.69 Å². The molecule has 0 saturated heterocycles. The van der Waals surface area contributed by atoms with Gasteiger partial charge in [0.15, 0.2) is 0 Å². The maximum absolute atomic E-state index is 4.23. The predicted molar refractivity (Wildman–Crippen MR) is 85.3 cm³/mol. The zero-order valence-corrected chi connectivity index (χ0v) is 12.1. The minimum absolute atomic E-state index is 0.344. The first-order valence-corrected chi connectivity index (χ1v) is 7.20. The van der Waals surface area contributed by atoms with E-state index in [0.29, 0.717) is 6.04 Å². The summed E-state index contributed by atoms with van der Waals surface area (Å²) in [6.07, 6.45) is 3.74. The molecule has 0 aliphatic carbocycles. The van der Waals surface area contributed by atoms with Crippen LogP contribution in [0.1, 0.15) is 24.1 Å². The molecule has 0 unspecified atom stereocenters. The Kier molecular flexibility index (Phi) is 4.12. The third-order valence-electron chi connectivity index (χ3n) is 3.62. The first-order valence-electron chi connectivity index (χ1n) is 7.20. The summed E-state index contributed by atoms with van der Waals surface area (Å²) in [7, 11) is 0. The highest BCUT2D eigenvalue weighted by Gasteiger charge is 2.04. The summed E-state index contributed by atoms with van der Waals surface area (Å²) in [5.74, 6) is 0. The van der Waals surface area contributed by atoms with E-state index in [0.717, 1.165) is 12.2 Å². The fourth-order valence-corrected chi connectivity index (χ4v) is 2.32. The quantitative estimate of drug-likeness (QED) is 0.770. The van der Waals surface area contributed by atoms with Gasteiger partial charge < -0.3 is 5.32 Å². The number of hydrogen-bond acceptors (Lipinski definition) is 2. The van der Waals surface area contributed by atoms with Crippen LogP contribution in [0.4, 0.5) is 0 Å². The molecule has 1 atom stereocenters. The molecule has 3 rings (SSSR count). The standard InChI is InChI=1S/C18H19N3/c1-15(17-6-3-2-4-7-17)19-14-16-8-10-18(11-9-16)21-13-5-12-20-21/h2-13,15,19H,14H2,1H3/t15-/m1/s1. The van der Waals surface area contributed by atoms with Crippen molar-refractivity contribution in [3.8, 4) is 5.69 Å². The zero-order chi connectivity index (χ0) is 14.5. The van der Waals surface area contributed by atoms with Crippen molar-refractivity contribution >= 4 is 0 Å². The highest BCUT2D eigenvalue weighted by molar-refractivity contribution is 5.33. The van der Waals surface area contributed by atoms with Crippen LogP contribution in [0.3, 0.4) is 0 Å². The molecule has 106 valence electrons. The summed E-state index contributed by atoms with van der Waals surface area (Å²) >= 11 is 0. The normalized spacial score (nSPS) is 12.2. The number of hydrogen-bond donors (Lipinski definition) is 1. The second-order valence-corrected chi connectivity index (χ2v) is 5.13. The Morgan fingerprint density at radius 2 is 1.76 bits per heavy atom. The van der Waals surface area contributed by atoms with Crippen LogP contribution in [0.2, 0.25) is 0 Å². The van der Waals surface area contributed by atoms with Gasteiger partial charge in [-0.05, 0) is 36.2 Å². The second-order valence-electron chi connectivity index (χ2n) is 5.13. The van der Waals surface area contributed by atoms with Gasteiger partial charge in [-0.3, -0.25) is 0 Å². The van der Waals surface area contributed by atoms with E-state index in [1.54, 1.807) is 6.20 Å². The minimum atomic E-state index is 0.344. The van der Waals surface area contributed by atoms with Gasteiger partial charge in [0, 0.05) is 25.0 Å². The summed E-state index contributed by atoms with van der Waals surface area (Å²) in [6.45, 7) is 3.04. The number of rotatable bonds is 5. The number of benzene rings is 2. The second kappa shape index (κ2) is 6.37. The maximum Gasteiger partial charge on any atom is 0.0645 e. The molecule has 1 heterocycles. The minimum Gasteiger partial charge on any atom is -0.306 e. The highest BCUT2D eigenvalue weighted by atomic mass is 15.3. The molecule has 3 aromatic rings. The van der Waals surface area contributed by atoms with E-state index in [1.165, 1.54) is 11.1 Å². The monoisotopic (exact) mass is 277 g/mol. The number of aromatic nitrogens is 2. The summed E-state index contributed by atoms with van der Waals surface area (Å²) in [6, 6.07) is 21.2. The lowest BCUT2D eigenvalue weighted by molar-refractivity contribution is 0.574. The van der Waals surface area contributed by atoms with Gasteiger partial charge in [-0.25, -0.2) is 4.68 Å². The van der Waals surface area contributed by atoms with Crippen molar-refractivity contribution in [3.63, 3.8) is 0 Å². The van der Waals surface area contributed by atoms with Crippen molar-refractivity contribution in [2.24, 2.45) is 0 Å². The third-order valence-corrected chi connectivity index (χ3v) is 3.62. The van der Waals surface area contributed by atoms with Crippen molar-refractivity contribution in [2.45, 2.75) is 19.5 Å². The lowest BCUT2D eigenvalue weighted by atomic mass is 10.1. The van der Waals surface area contributed by atoms with Crippen molar-refractivity contribution in [2.75, 3.05) is 0 Å². The lowest BCUT2D eigenvalue weighted by Gasteiger charge is -2.14. The number of nitrogens with one attached hydrogen (secondary N) is 1. The lowest BCUT2D eigenvalue weighted by Crippen LogP contribution is -2.17. The average molecular weight is 277 g/mol. The van der Waals surface area contributed by atoms with E-state index in [4.69, 9.17) is 0 Å². The SMILES string of the molecule is C[C@@H](NCc1ccc(-n2cccn2)cc1)c1ccccc1. The molecule has 0 aliphatic rings. The van der Waals surface area contributed by atoms with Crippen LogP contribution in [0.5, 0.6) is 0 Å². The van der Waals surface area contributed by atoms with Crippen LogP contribution in [0.25, 0.3) is 5.69 Å². The molecule has 0 spiro atoms. The van der Waals surface area contributed by atoms with E-state index >= 15 is 0 Å². The molecule has 0 amide bonds. The van der Waals surface area contributed by atoms with E-state index in [1.807, 2.05) is 23.0 Å². The van der Waals surface area contributed by atoms with E-state index in [2.05, 4.69) is 65.9 Å². The van der Waals surface area contributed by atoms with Crippen molar-refractivity contribution in [1.29, 1.82) is 0 Å². The fraction of sp³-hybridized carbons (Fsp3) is 0.167. The maximum atomic E-state index is 4.23. The molecular formula is C18H19N3. The first-order chi connectivity index (χ1) is 10.3. The molecule has 2 aromatic carbocycles. The van der Waals surface area contributed by atoms with Crippen LogP contribution in [-0.2, 0) is 6.54 Å². The number of nitrogens with zero attached hydrogens (tertiary/aromatic N) is 2. The molecule has 21 heavy (non-hydrogen) atoms. The average Bonchev–Trinajstić information content (AvgIpc) is 3.08. The molecule has 3 nitrogen and oxygen atoms in total. The zero-order valence-electron chi connectivity index (χ0n) is 12.1. The highest BCUT2D eigenvalue weighted by Crippen LogP contribution is 2.13. The van der Waals surface area contributed by atoms with Crippen molar-refractivity contribution < 1.29 is 0 Å². The van der Waals surface area contributed by atoms with Gasteiger partial charge in [-0.2, -0.15) is 5.10 Å². The molecule has 1 aromatic heterocycles. The van der Waals surface area contributed by atoms with Crippen LogP contribution in [0, 0.1) is 0 Å². The third kappa shape index (κ3) is 3.38. The van der Waals surface area contributed by atoms with Crippen LogP contribution < -0.4 is 5.32 Å². The topological polar surface area (TPSA) is 29.9 Å². The smallest absolute Gasteiger partial charge is 0.0645 e. The van der Waals surface area contributed by atoms with Gasteiger partial charge in [0.1, 0.15) is 0 Å². The van der Waals surface area contributed by atoms with Gasteiger partial charge in [0.2, 0.25) is 0 Å². The molecule has 1 N–H and O–H groups in total. The summed E-state index contributed by atoms with van der Waals surface area (Å²) in [5, 5.41) is 7.78. The van der Waals surface area contributed by atoms with Crippen molar-refractivity contribution in [1.82, 2.24) is 15.1 Å². The Hall–Kier alpha value is -2.39. The Labute approximate surface area is 125 Å². The predicted octanol–water partition coefficient (Wildman–Crippen LogP) is 3.72. The molecule has 0 aliphatic heterocycles. The van der Waals surface area contributed by atoms with Crippen LogP contribution in [-0.4, -0.2) is 9.78 Å². The van der Waals surface area contributed by atoms with Gasteiger partial charge in [-0.15, -0.1) is 0 Å². The Morgan fingerprint density at radius 1 is 1.00 bits per heavy atom. The van der Waals surface area contributed by atoms with E-state index in [-0.39, 0.29) is 0 Å². The molecule has 0 fully saturated rings. The summed E-state index contributed by atoms with van der Waals surface area (Å²) in [4.78, 5) is 0. The first kappa shape index (κ1) is 13.6. The Balaban J connectivity index is 1.61. The Bertz CT molecular complexity index is 657. The molecule has 0 radical (unpaired) electrons. The molecule has 3 heteroatoms. The van der Waals surface area contributed by atoms with Crippen LogP contribution >= 0.6 is 0 Å². The Morgan fingerprint density at radius 3 is 2.43 bits per heavy atom. The summed E-state index contributed by atoms with van der Waals surface area (Å²) in [5.41, 5.74) is 3.67. The van der Waals surface area contributed by atoms with E-state index in [9.17, 15) is 0 Å². The molecule has 0 saturated carbocycles. The van der Waals surface area contributed by atoms with Gasteiger partial charge in [0.25, 0.3) is 0 Å². The van der Waals surface area contributed by atoms with Gasteiger partial charge >= 0.3 is 0 Å². The van der Waals surface area contributed by atoms with E-state index < -0.39 is 0 Å². The fourth-order valence-electron chi connectivity index (χ4n) is 2.32. The van der Waals surface area contributed by atoms with Crippen LogP contribution in [0.15, 0.2) is 73.1 Å².